The summed E-state index contributed by atoms with van der Waals surface area (Å²) in [4.78, 5) is 0. The molecule has 0 aliphatic heterocycles. The van der Waals surface area contributed by atoms with Gasteiger partial charge in [0.25, 0.3) is 0 Å². The van der Waals surface area contributed by atoms with Crippen molar-refractivity contribution in [2.75, 3.05) is 0 Å². The van der Waals surface area contributed by atoms with E-state index in [1.165, 1.54) is 16.7 Å². The molecule has 0 saturated carbocycles. The molecule has 0 aliphatic carbocycles. The Hall–Kier alpha value is -1.16. The van der Waals surface area contributed by atoms with Gasteiger partial charge in [0, 0.05) is 17.1 Å². The third kappa shape index (κ3) is 5.27. The molecule has 0 saturated heterocycles. The van der Waals surface area contributed by atoms with Gasteiger partial charge < -0.3 is 10.1 Å². The van der Waals surface area contributed by atoms with E-state index in [1.54, 1.807) is 0 Å². The number of hydrogen-bond donors (Lipinski definition) is 1. The fourth-order valence-corrected chi connectivity index (χ4v) is 2.47. The number of rotatable bonds is 7. The van der Waals surface area contributed by atoms with Crippen molar-refractivity contribution in [1.29, 1.82) is 0 Å². The van der Waals surface area contributed by atoms with Crippen LogP contribution in [0.4, 0.5) is 0 Å². The molecule has 0 bridgehead atoms. The van der Waals surface area contributed by atoms with Crippen molar-refractivity contribution in [3.8, 4) is 0 Å². The van der Waals surface area contributed by atoms with Crippen LogP contribution in [0.15, 0.2) is 53.0 Å². The summed E-state index contributed by atoms with van der Waals surface area (Å²) in [6.07, 6.45) is 0. The van der Waals surface area contributed by atoms with Crippen LogP contribution >= 0.6 is 15.9 Å². The van der Waals surface area contributed by atoms with Crippen LogP contribution in [-0.2, 0) is 24.5 Å². The van der Waals surface area contributed by atoms with Gasteiger partial charge in [-0.15, -0.1) is 0 Å². The second-order valence-electron chi connectivity index (χ2n) is 5.39. The normalized spacial score (nSPS) is 11.0. The molecule has 0 heterocycles. The Balaban J connectivity index is 1.92. The van der Waals surface area contributed by atoms with Crippen molar-refractivity contribution in [2.24, 2.45) is 0 Å². The Bertz CT molecular complexity index is 569. The lowest BCUT2D eigenvalue weighted by Crippen LogP contribution is -2.22. The summed E-state index contributed by atoms with van der Waals surface area (Å²) in [5, 5.41) is 3.46. The van der Waals surface area contributed by atoms with Crippen LogP contribution in [0.2, 0.25) is 0 Å². The Morgan fingerprint density at radius 2 is 1.48 bits per heavy atom. The highest BCUT2D eigenvalue weighted by Gasteiger charge is 2.04. The SMILES string of the molecule is CC(C)NCc1ccccc1COCc1ccccc1Br. The Kier molecular flexibility index (Phi) is 6.43. The lowest BCUT2D eigenvalue weighted by Gasteiger charge is -2.13. The van der Waals surface area contributed by atoms with E-state index < -0.39 is 0 Å². The topological polar surface area (TPSA) is 21.3 Å². The smallest absolute Gasteiger partial charge is 0.0732 e. The van der Waals surface area contributed by atoms with Crippen LogP contribution in [0.1, 0.15) is 30.5 Å². The summed E-state index contributed by atoms with van der Waals surface area (Å²) in [6.45, 7) is 6.45. The molecule has 0 spiro atoms. The minimum absolute atomic E-state index is 0.485. The van der Waals surface area contributed by atoms with Crippen molar-refractivity contribution in [2.45, 2.75) is 39.6 Å². The molecule has 2 nitrogen and oxygen atoms in total. The summed E-state index contributed by atoms with van der Waals surface area (Å²) >= 11 is 3.55. The number of halogens is 1. The average Bonchev–Trinajstić information content (AvgIpc) is 2.48. The summed E-state index contributed by atoms with van der Waals surface area (Å²) in [5.41, 5.74) is 3.73. The van der Waals surface area contributed by atoms with Crippen molar-refractivity contribution >= 4 is 15.9 Å². The van der Waals surface area contributed by atoms with E-state index in [0.717, 1.165) is 11.0 Å². The van der Waals surface area contributed by atoms with Crippen molar-refractivity contribution < 1.29 is 4.74 Å². The molecule has 3 heteroatoms. The lowest BCUT2D eigenvalue weighted by atomic mass is 10.1. The molecular weight excluding hydrogens is 326 g/mol. The van der Waals surface area contributed by atoms with Gasteiger partial charge in [-0.25, -0.2) is 0 Å². The molecule has 0 aliphatic rings. The van der Waals surface area contributed by atoms with Gasteiger partial charge >= 0.3 is 0 Å². The predicted molar refractivity (Wildman–Crippen MR) is 91.1 cm³/mol. The van der Waals surface area contributed by atoms with Crippen LogP contribution in [0.5, 0.6) is 0 Å². The van der Waals surface area contributed by atoms with Gasteiger partial charge in [-0.05, 0) is 22.8 Å². The Morgan fingerprint density at radius 3 is 2.14 bits per heavy atom. The maximum atomic E-state index is 5.88. The molecule has 0 amide bonds. The largest absolute Gasteiger partial charge is 0.372 e. The molecule has 0 unspecified atom stereocenters. The maximum Gasteiger partial charge on any atom is 0.0732 e. The van der Waals surface area contributed by atoms with Crippen molar-refractivity contribution in [3.05, 3.63) is 69.7 Å². The third-order valence-electron chi connectivity index (χ3n) is 3.29. The third-order valence-corrected chi connectivity index (χ3v) is 4.07. The monoisotopic (exact) mass is 347 g/mol. The fraction of sp³-hybridized carbons (Fsp3) is 0.333. The van der Waals surface area contributed by atoms with Gasteiger partial charge in [0.1, 0.15) is 0 Å². The minimum atomic E-state index is 0.485. The first-order valence-electron chi connectivity index (χ1n) is 7.28. The lowest BCUT2D eigenvalue weighted by molar-refractivity contribution is 0.106. The number of hydrogen-bond acceptors (Lipinski definition) is 2. The van der Waals surface area contributed by atoms with E-state index in [4.69, 9.17) is 4.74 Å². The van der Waals surface area contributed by atoms with E-state index in [2.05, 4.69) is 65.4 Å². The first-order valence-corrected chi connectivity index (χ1v) is 8.07. The first-order chi connectivity index (χ1) is 10.2. The maximum absolute atomic E-state index is 5.88. The molecule has 0 radical (unpaired) electrons. The summed E-state index contributed by atoms with van der Waals surface area (Å²) in [5.74, 6) is 0. The quantitative estimate of drug-likeness (QED) is 0.786. The van der Waals surface area contributed by atoms with Gasteiger partial charge in [0.05, 0.1) is 13.2 Å². The van der Waals surface area contributed by atoms with Gasteiger partial charge in [-0.1, -0.05) is 72.2 Å². The Morgan fingerprint density at radius 1 is 0.905 bits per heavy atom. The van der Waals surface area contributed by atoms with Gasteiger partial charge in [-0.2, -0.15) is 0 Å². The second-order valence-corrected chi connectivity index (χ2v) is 6.24. The van der Waals surface area contributed by atoms with Crippen LogP contribution in [0, 0.1) is 0 Å². The van der Waals surface area contributed by atoms with E-state index in [1.807, 2.05) is 18.2 Å². The molecule has 2 aromatic rings. The van der Waals surface area contributed by atoms with E-state index in [9.17, 15) is 0 Å². The Labute approximate surface area is 135 Å². The molecule has 21 heavy (non-hydrogen) atoms. The predicted octanol–water partition coefficient (Wildman–Crippen LogP) is 4.66. The summed E-state index contributed by atoms with van der Waals surface area (Å²) < 4.78 is 6.97. The van der Waals surface area contributed by atoms with Crippen molar-refractivity contribution in [3.63, 3.8) is 0 Å². The molecule has 0 fully saturated rings. The summed E-state index contributed by atoms with van der Waals surface area (Å²) in [6, 6.07) is 17.1. The molecule has 2 rings (SSSR count). The molecule has 0 aromatic heterocycles. The molecule has 2 aromatic carbocycles. The highest BCUT2D eigenvalue weighted by Crippen LogP contribution is 2.18. The van der Waals surface area contributed by atoms with Gasteiger partial charge in [0.2, 0.25) is 0 Å². The molecule has 112 valence electrons. The molecule has 0 atom stereocenters. The fourth-order valence-electron chi connectivity index (χ4n) is 2.07. The number of ether oxygens (including phenoxy) is 1. The van der Waals surface area contributed by atoms with E-state index >= 15 is 0 Å². The van der Waals surface area contributed by atoms with E-state index in [-0.39, 0.29) is 0 Å². The standard InChI is InChI=1S/C18H22BrNO/c1-14(2)20-11-15-7-3-4-8-16(15)12-21-13-17-9-5-6-10-18(17)19/h3-10,14,20H,11-13H2,1-2H3. The highest BCUT2D eigenvalue weighted by molar-refractivity contribution is 9.10. The van der Waals surface area contributed by atoms with Gasteiger partial charge in [-0.3, -0.25) is 0 Å². The summed E-state index contributed by atoms with van der Waals surface area (Å²) in [7, 11) is 0. The second kappa shape index (κ2) is 8.32. The zero-order chi connectivity index (χ0) is 15.1. The number of benzene rings is 2. The number of nitrogens with one attached hydrogen (secondary N) is 1. The van der Waals surface area contributed by atoms with Crippen LogP contribution < -0.4 is 5.32 Å². The van der Waals surface area contributed by atoms with Crippen molar-refractivity contribution in [1.82, 2.24) is 5.32 Å². The zero-order valence-electron chi connectivity index (χ0n) is 12.6. The van der Waals surface area contributed by atoms with Crippen LogP contribution in [-0.4, -0.2) is 6.04 Å². The minimum Gasteiger partial charge on any atom is -0.372 e. The molecule has 1 N–H and O–H groups in total. The van der Waals surface area contributed by atoms with E-state index in [0.29, 0.717) is 19.3 Å². The highest BCUT2D eigenvalue weighted by atomic mass is 79.9. The molecular formula is C18H22BrNO. The average molecular weight is 348 g/mol. The van der Waals surface area contributed by atoms with Crippen LogP contribution in [0.25, 0.3) is 0 Å². The first kappa shape index (κ1) is 16.2. The van der Waals surface area contributed by atoms with Crippen LogP contribution in [0.3, 0.4) is 0 Å². The zero-order valence-corrected chi connectivity index (χ0v) is 14.2. The van der Waals surface area contributed by atoms with Gasteiger partial charge in [0.15, 0.2) is 0 Å².